The van der Waals surface area contributed by atoms with Crippen LogP contribution in [0, 0.1) is 0 Å². The van der Waals surface area contributed by atoms with Gasteiger partial charge in [-0.15, -0.1) is 11.8 Å². The van der Waals surface area contributed by atoms with Gasteiger partial charge < -0.3 is 9.90 Å². The summed E-state index contributed by atoms with van der Waals surface area (Å²) < 4.78 is 0. The van der Waals surface area contributed by atoms with Crippen LogP contribution < -0.4 is 10.5 Å². The van der Waals surface area contributed by atoms with Crippen molar-refractivity contribution in [2.24, 2.45) is 0 Å². The number of nitrogens with zero attached hydrogens (tertiary/aromatic N) is 1. The molecule has 0 radical (unpaired) electrons. The third-order valence-electron chi connectivity index (χ3n) is 0.786. The van der Waals surface area contributed by atoms with E-state index in [0.717, 1.165) is 0 Å². The van der Waals surface area contributed by atoms with Gasteiger partial charge >= 0.3 is 0 Å². The standard InChI is InChI=1S/C4H6N2O2S/c7-4(8)5-6-1-2-9-3-6/h1-2,5H,3H2,(H,7,8)/p-1. The Hall–Kier alpha value is -0.840. The summed E-state index contributed by atoms with van der Waals surface area (Å²) in [7, 11) is 0. The Morgan fingerprint density at radius 3 is 3.11 bits per heavy atom. The third kappa shape index (κ3) is 1.85. The van der Waals surface area contributed by atoms with Crippen molar-refractivity contribution in [3.63, 3.8) is 0 Å². The molecule has 50 valence electrons. The lowest BCUT2D eigenvalue weighted by Gasteiger charge is -2.16. The predicted molar refractivity (Wildman–Crippen MR) is 32.0 cm³/mol. The van der Waals surface area contributed by atoms with Crippen LogP contribution in [0.2, 0.25) is 0 Å². The predicted octanol–water partition coefficient (Wildman–Crippen LogP) is -0.688. The summed E-state index contributed by atoms with van der Waals surface area (Å²) in [6, 6.07) is 0. The number of carbonyl (C=O) groups excluding carboxylic acids is 1. The summed E-state index contributed by atoms with van der Waals surface area (Å²) in [4.78, 5) is 9.85. The summed E-state index contributed by atoms with van der Waals surface area (Å²) in [5.74, 6) is 0.619. The molecule has 1 heterocycles. The summed E-state index contributed by atoms with van der Waals surface area (Å²) in [6.07, 6.45) is 0.364. The molecule has 9 heavy (non-hydrogen) atoms. The summed E-state index contributed by atoms with van der Waals surface area (Å²) in [5, 5.41) is 13.1. The van der Waals surface area contributed by atoms with Crippen LogP contribution in [-0.2, 0) is 0 Å². The Bertz CT molecular complexity index is 148. The molecular weight excluding hydrogens is 140 g/mol. The molecule has 1 rings (SSSR count). The van der Waals surface area contributed by atoms with Crippen LogP contribution in [0.15, 0.2) is 11.6 Å². The number of carbonyl (C=O) groups is 1. The first-order chi connectivity index (χ1) is 4.29. The quantitative estimate of drug-likeness (QED) is 0.530. The highest BCUT2D eigenvalue weighted by molar-refractivity contribution is 8.02. The molecule has 0 saturated carbocycles. The molecule has 0 unspecified atom stereocenters. The number of nitrogens with one attached hydrogen (secondary N) is 1. The van der Waals surface area contributed by atoms with Gasteiger partial charge in [-0.25, -0.2) is 0 Å². The van der Waals surface area contributed by atoms with Crippen LogP contribution in [-0.4, -0.2) is 17.0 Å². The van der Waals surface area contributed by atoms with Crippen LogP contribution in [0.1, 0.15) is 0 Å². The second kappa shape index (κ2) is 2.63. The molecule has 1 aliphatic heterocycles. The van der Waals surface area contributed by atoms with Crippen molar-refractivity contribution in [3.8, 4) is 0 Å². The number of hydrogen-bond acceptors (Lipinski definition) is 4. The van der Waals surface area contributed by atoms with Gasteiger partial charge in [-0.3, -0.25) is 10.4 Å². The van der Waals surface area contributed by atoms with Crippen LogP contribution >= 0.6 is 11.8 Å². The third-order valence-corrected chi connectivity index (χ3v) is 1.53. The highest BCUT2D eigenvalue weighted by Gasteiger charge is 2.01. The monoisotopic (exact) mass is 145 g/mol. The van der Waals surface area contributed by atoms with Gasteiger partial charge in [0.15, 0.2) is 6.09 Å². The molecule has 0 bridgehead atoms. The molecule has 0 aromatic rings. The molecule has 0 saturated heterocycles. The lowest BCUT2D eigenvalue weighted by atomic mass is 10.9. The van der Waals surface area contributed by atoms with E-state index in [1.807, 2.05) is 0 Å². The maximum absolute atomic E-state index is 9.85. The number of thioether (sulfide) groups is 1. The number of hydrazine groups is 1. The first-order valence-electron chi connectivity index (χ1n) is 2.31. The molecule has 0 aromatic heterocycles. The van der Waals surface area contributed by atoms with Crippen LogP contribution in [0.3, 0.4) is 0 Å². The van der Waals surface area contributed by atoms with Crippen molar-refractivity contribution in [3.05, 3.63) is 11.6 Å². The lowest BCUT2D eigenvalue weighted by Crippen LogP contribution is -2.44. The molecule has 1 N–H and O–H groups in total. The average Bonchev–Trinajstić information content (AvgIpc) is 2.15. The Kier molecular flexibility index (Phi) is 1.84. The summed E-state index contributed by atoms with van der Waals surface area (Å²) >= 11 is 1.52. The lowest BCUT2D eigenvalue weighted by molar-refractivity contribution is -0.255. The number of rotatable bonds is 1. The van der Waals surface area contributed by atoms with Crippen molar-refractivity contribution >= 4 is 17.9 Å². The zero-order chi connectivity index (χ0) is 6.69. The van der Waals surface area contributed by atoms with Crippen LogP contribution in [0.25, 0.3) is 0 Å². The summed E-state index contributed by atoms with van der Waals surface area (Å²) in [5.41, 5.74) is 2.07. The van der Waals surface area contributed by atoms with Gasteiger partial charge in [0.25, 0.3) is 0 Å². The normalized spacial score (nSPS) is 16.2. The van der Waals surface area contributed by atoms with Crippen molar-refractivity contribution in [2.75, 3.05) is 5.88 Å². The van der Waals surface area contributed by atoms with Gasteiger partial charge in [-0.05, 0) is 5.41 Å². The highest BCUT2D eigenvalue weighted by Crippen LogP contribution is 2.11. The van der Waals surface area contributed by atoms with E-state index in [-0.39, 0.29) is 0 Å². The Morgan fingerprint density at radius 2 is 2.67 bits per heavy atom. The molecule has 1 aliphatic rings. The zero-order valence-corrected chi connectivity index (χ0v) is 5.35. The van der Waals surface area contributed by atoms with Gasteiger partial charge in [-0.2, -0.15) is 0 Å². The SMILES string of the molecule is O=C([O-])NN1C=CSC1. The van der Waals surface area contributed by atoms with E-state index in [4.69, 9.17) is 0 Å². The molecule has 0 aliphatic carbocycles. The molecule has 0 spiro atoms. The average molecular weight is 145 g/mol. The summed E-state index contributed by atoms with van der Waals surface area (Å²) in [6.45, 7) is 0. The number of amides is 1. The minimum absolute atomic E-state index is 0.619. The van der Waals surface area contributed by atoms with E-state index in [1.54, 1.807) is 11.6 Å². The first-order valence-corrected chi connectivity index (χ1v) is 3.36. The van der Waals surface area contributed by atoms with Crippen molar-refractivity contribution < 1.29 is 9.90 Å². The smallest absolute Gasteiger partial charge is 0.154 e. The molecular formula is C4H5N2O2S-. The van der Waals surface area contributed by atoms with Crippen LogP contribution in [0.4, 0.5) is 4.79 Å². The highest BCUT2D eigenvalue weighted by atomic mass is 32.2. The van der Waals surface area contributed by atoms with E-state index in [1.165, 1.54) is 16.8 Å². The van der Waals surface area contributed by atoms with Gasteiger partial charge in [-0.1, -0.05) is 0 Å². The number of hydrogen-bond donors (Lipinski definition) is 1. The Labute approximate surface area is 56.5 Å². The fourth-order valence-corrected chi connectivity index (χ4v) is 1.10. The van der Waals surface area contributed by atoms with Crippen molar-refractivity contribution in [2.45, 2.75) is 0 Å². The van der Waals surface area contributed by atoms with E-state index in [2.05, 4.69) is 5.43 Å². The zero-order valence-electron chi connectivity index (χ0n) is 4.53. The maximum atomic E-state index is 9.85. The van der Waals surface area contributed by atoms with E-state index >= 15 is 0 Å². The van der Waals surface area contributed by atoms with Gasteiger partial charge in [0.2, 0.25) is 0 Å². The minimum atomic E-state index is -1.28. The second-order valence-electron chi connectivity index (χ2n) is 1.45. The molecule has 4 nitrogen and oxygen atoms in total. The number of carboxylic acid groups (broad SMARTS) is 1. The van der Waals surface area contributed by atoms with Gasteiger partial charge in [0.05, 0.1) is 5.88 Å². The largest absolute Gasteiger partial charge is 0.529 e. The van der Waals surface area contributed by atoms with E-state index in [9.17, 15) is 9.90 Å². The fourth-order valence-electron chi connectivity index (χ4n) is 0.470. The Morgan fingerprint density at radius 1 is 1.89 bits per heavy atom. The molecule has 0 atom stereocenters. The fraction of sp³-hybridized carbons (Fsp3) is 0.250. The molecule has 1 amide bonds. The second-order valence-corrected chi connectivity index (χ2v) is 2.31. The van der Waals surface area contributed by atoms with E-state index < -0.39 is 6.09 Å². The van der Waals surface area contributed by atoms with Crippen molar-refractivity contribution in [1.82, 2.24) is 10.4 Å². The molecule has 0 aromatic carbocycles. The van der Waals surface area contributed by atoms with Crippen LogP contribution in [0.5, 0.6) is 0 Å². The Balaban J connectivity index is 2.28. The minimum Gasteiger partial charge on any atom is -0.529 e. The van der Waals surface area contributed by atoms with E-state index in [0.29, 0.717) is 5.88 Å². The van der Waals surface area contributed by atoms with Gasteiger partial charge in [0, 0.05) is 6.20 Å². The maximum Gasteiger partial charge on any atom is 0.154 e. The topological polar surface area (TPSA) is 55.4 Å². The van der Waals surface area contributed by atoms with Crippen molar-refractivity contribution in [1.29, 1.82) is 0 Å². The molecule has 5 heteroatoms. The first kappa shape index (κ1) is 6.28. The van der Waals surface area contributed by atoms with Gasteiger partial charge in [0.1, 0.15) is 0 Å². The molecule has 0 fully saturated rings.